The number of anilines is 1. The molecule has 1 saturated carbocycles. The molecule has 1 saturated heterocycles. The van der Waals surface area contributed by atoms with E-state index in [-0.39, 0.29) is 52.4 Å². The van der Waals surface area contributed by atoms with Gasteiger partial charge in [-0.3, -0.25) is 9.59 Å². The van der Waals surface area contributed by atoms with Gasteiger partial charge in [0.2, 0.25) is 5.91 Å². The molecule has 2 aromatic rings. The van der Waals surface area contributed by atoms with Crippen LogP contribution in [0, 0.1) is 5.92 Å². The number of rotatable bonds is 4. The number of nitrogens with one attached hydrogen (secondary N) is 1. The van der Waals surface area contributed by atoms with Gasteiger partial charge in [0, 0.05) is 40.7 Å². The van der Waals surface area contributed by atoms with Gasteiger partial charge in [-0.05, 0) is 43.2 Å². The largest absolute Gasteiger partial charge is 0.425 e. The lowest BCUT2D eigenvalue weighted by molar-refractivity contribution is -0.134. The van der Waals surface area contributed by atoms with E-state index in [2.05, 4.69) is 5.32 Å². The first-order valence-electron chi connectivity index (χ1n) is 9.65. The lowest BCUT2D eigenvalue weighted by Crippen LogP contribution is -2.43. The van der Waals surface area contributed by atoms with E-state index in [9.17, 15) is 31.2 Å². The van der Waals surface area contributed by atoms with Gasteiger partial charge in [0.05, 0.1) is 11.5 Å². The van der Waals surface area contributed by atoms with Crippen LogP contribution in [-0.2, 0) is 20.8 Å². The summed E-state index contributed by atoms with van der Waals surface area (Å²) < 4.78 is 62.7. The minimum absolute atomic E-state index is 0.0268. The Morgan fingerprint density at radius 3 is 2.32 bits per heavy atom. The molecular formula is C20H19F3N2O4S2. The Balaban J connectivity index is 1.69. The Labute approximate surface area is 181 Å². The fourth-order valence-corrected chi connectivity index (χ4v) is 5.43. The van der Waals surface area contributed by atoms with Crippen molar-refractivity contribution in [1.29, 1.82) is 0 Å². The number of carbonyl (C=O) groups excluding carboxylic acids is 2. The average molecular weight is 473 g/mol. The van der Waals surface area contributed by atoms with Crippen LogP contribution in [0.2, 0.25) is 0 Å². The topological polar surface area (TPSA) is 83.6 Å². The summed E-state index contributed by atoms with van der Waals surface area (Å²) in [4.78, 5) is 26.0. The molecule has 1 aliphatic carbocycles. The van der Waals surface area contributed by atoms with E-state index in [4.69, 9.17) is 0 Å². The van der Waals surface area contributed by atoms with Crippen molar-refractivity contribution in [1.82, 2.24) is 4.90 Å². The molecule has 2 aliphatic rings. The van der Waals surface area contributed by atoms with Crippen LogP contribution in [0.1, 0.15) is 28.1 Å². The number of amides is 2. The molecule has 2 heterocycles. The van der Waals surface area contributed by atoms with Gasteiger partial charge in [0.1, 0.15) is 4.88 Å². The molecular weight excluding hydrogens is 453 g/mol. The Hall–Kier alpha value is -2.40. The molecule has 1 aliphatic heterocycles. The zero-order valence-corrected chi connectivity index (χ0v) is 17.9. The van der Waals surface area contributed by atoms with Crippen molar-refractivity contribution in [2.24, 2.45) is 5.92 Å². The molecule has 0 bridgehead atoms. The Bertz CT molecular complexity index is 1120. The summed E-state index contributed by atoms with van der Waals surface area (Å²) in [5, 5.41) is 2.75. The van der Waals surface area contributed by atoms with Crippen LogP contribution in [-0.4, -0.2) is 49.7 Å². The number of thiophene rings is 1. The summed E-state index contributed by atoms with van der Waals surface area (Å²) in [6.07, 6.45) is -2.91. The first-order valence-corrected chi connectivity index (χ1v) is 12.3. The zero-order chi connectivity index (χ0) is 22.4. The molecule has 2 amide bonds. The summed E-state index contributed by atoms with van der Waals surface area (Å²) in [5.74, 6) is -0.972. The number of benzene rings is 1. The number of sulfone groups is 1. The highest BCUT2D eigenvalue weighted by Crippen LogP contribution is 2.40. The summed E-state index contributed by atoms with van der Waals surface area (Å²) >= 11 is 0.513. The third-order valence-corrected chi connectivity index (χ3v) is 8.02. The molecule has 11 heteroatoms. The minimum atomic E-state index is -4.51. The first kappa shape index (κ1) is 21.8. The Kier molecular flexibility index (Phi) is 5.59. The molecule has 1 aromatic heterocycles. The Morgan fingerprint density at radius 1 is 1.06 bits per heavy atom. The molecule has 6 nitrogen and oxygen atoms in total. The molecule has 1 aromatic carbocycles. The molecule has 2 fully saturated rings. The van der Waals surface area contributed by atoms with Gasteiger partial charge < -0.3 is 10.2 Å². The van der Waals surface area contributed by atoms with Crippen LogP contribution >= 0.6 is 11.3 Å². The molecule has 0 unspecified atom stereocenters. The molecule has 0 radical (unpaired) electrons. The monoisotopic (exact) mass is 472 g/mol. The highest BCUT2D eigenvalue weighted by Gasteiger charge is 2.34. The fourth-order valence-electron chi connectivity index (χ4n) is 3.32. The van der Waals surface area contributed by atoms with Crippen molar-refractivity contribution in [3.05, 3.63) is 40.8 Å². The van der Waals surface area contributed by atoms with E-state index in [0.717, 1.165) is 18.9 Å². The van der Waals surface area contributed by atoms with E-state index < -0.39 is 26.8 Å². The lowest BCUT2D eigenvalue weighted by atomic mass is 10.0. The van der Waals surface area contributed by atoms with Crippen molar-refractivity contribution in [3.8, 4) is 10.4 Å². The van der Waals surface area contributed by atoms with Crippen LogP contribution in [0.4, 0.5) is 18.9 Å². The smallest absolute Gasteiger partial charge is 0.337 e. The van der Waals surface area contributed by atoms with E-state index in [1.165, 1.54) is 29.2 Å². The van der Waals surface area contributed by atoms with Crippen LogP contribution in [0.25, 0.3) is 10.4 Å². The third-order valence-electron chi connectivity index (χ3n) is 5.25. The van der Waals surface area contributed by atoms with Crippen LogP contribution in [0.5, 0.6) is 0 Å². The second kappa shape index (κ2) is 7.94. The van der Waals surface area contributed by atoms with Gasteiger partial charge in [-0.2, -0.15) is 13.2 Å². The lowest BCUT2D eigenvalue weighted by Gasteiger charge is -2.27. The maximum absolute atomic E-state index is 13.1. The average Bonchev–Trinajstić information content (AvgIpc) is 3.43. The zero-order valence-electron chi connectivity index (χ0n) is 16.2. The van der Waals surface area contributed by atoms with E-state index >= 15 is 0 Å². The van der Waals surface area contributed by atoms with Crippen molar-refractivity contribution in [3.63, 3.8) is 0 Å². The summed E-state index contributed by atoms with van der Waals surface area (Å²) in [5.41, 5.74) is 0.832. The number of hydrogen-bond donors (Lipinski definition) is 1. The maximum atomic E-state index is 13.1. The highest BCUT2D eigenvalue weighted by atomic mass is 32.2. The van der Waals surface area contributed by atoms with Gasteiger partial charge in [-0.1, -0.05) is 0 Å². The summed E-state index contributed by atoms with van der Waals surface area (Å²) in [7, 11) is -3.19. The van der Waals surface area contributed by atoms with Crippen LogP contribution in [0.3, 0.4) is 0 Å². The van der Waals surface area contributed by atoms with Gasteiger partial charge in [-0.25, -0.2) is 8.42 Å². The van der Waals surface area contributed by atoms with Gasteiger partial charge in [-0.15, -0.1) is 11.3 Å². The van der Waals surface area contributed by atoms with Crippen molar-refractivity contribution in [2.75, 3.05) is 29.9 Å². The number of carbonyl (C=O) groups is 2. The van der Waals surface area contributed by atoms with Gasteiger partial charge >= 0.3 is 6.18 Å². The van der Waals surface area contributed by atoms with E-state index in [1.807, 2.05) is 0 Å². The predicted molar refractivity (Wildman–Crippen MR) is 111 cm³/mol. The number of alkyl halides is 3. The third kappa shape index (κ3) is 4.93. The molecule has 31 heavy (non-hydrogen) atoms. The molecule has 0 atom stereocenters. The quantitative estimate of drug-likeness (QED) is 0.736. The van der Waals surface area contributed by atoms with Crippen molar-refractivity contribution in [2.45, 2.75) is 19.0 Å². The van der Waals surface area contributed by atoms with Crippen LogP contribution in [0.15, 0.2) is 30.3 Å². The normalized spacial score (nSPS) is 18.6. The van der Waals surface area contributed by atoms with Gasteiger partial charge in [0.25, 0.3) is 5.91 Å². The predicted octanol–water partition coefficient (Wildman–Crippen LogP) is 3.65. The number of halogens is 3. The van der Waals surface area contributed by atoms with Gasteiger partial charge in [0.15, 0.2) is 9.84 Å². The summed E-state index contributed by atoms with van der Waals surface area (Å²) in [6, 6.07) is 6.76. The molecule has 4 rings (SSSR count). The SMILES string of the molecule is O=C(Nc1ccc(C(=O)N2CCS(=O)(=O)CC2)c(-c2ccc(C(F)(F)F)s2)c1)C1CC1. The van der Waals surface area contributed by atoms with E-state index in [1.54, 1.807) is 0 Å². The van der Waals surface area contributed by atoms with Crippen molar-refractivity contribution < 1.29 is 31.2 Å². The minimum Gasteiger partial charge on any atom is -0.337 e. The molecule has 1 N–H and O–H groups in total. The fraction of sp³-hybridized carbons (Fsp3) is 0.400. The van der Waals surface area contributed by atoms with E-state index in [0.29, 0.717) is 17.0 Å². The Morgan fingerprint density at radius 2 is 1.74 bits per heavy atom. The highest BCUT2D eigenvalue weighted by molar-refractivity contribution is 7.91. The molecule has 0 spiro atoms. The number of nitrogens with zero attached hydrogens (tertiary/aromatic N) is 1. The maximum Gasteiger partial charge on any atom is 0.425 e. The second-order valence-electron chi connectivity index (χ2n) is 7.63. The molecule has 166 valence electrons. The van der Waals surface area contributed by atoms with Crippen LogP contribution < -0.4 is 5.32 Å². The second-order valence-corrected chi connectivity index (χ2v) is 11.0. The standard InChI is InChI=1S/C20H19F3N2O4S2/c21-20(22,23)17-6-5-16(30-17)15-11-13(24-18(26)12-1-2-12)3-4-14(15)19(27)25-7-9-31(28,29)10-8-25/h3-6,11-12H,1-2,7-10H2,(H,24,26). The number of hydrogen-bond acceptors (Lipinski definition) is 5. The summed E-state index contributed by atoms with van der Waals surface area (Å²) in [6.45, 7) is 0.0536. The van der Waals surface area contributed by atoms with Crippen molar-refractivity contribution >= 4 is 38.7 Å². The first-order chi connectivity index (χ1) is 14.5.